The van der Waals surface area contributed by atoms with E-state index in [-0.39, 0.29) is 16.9 Å². The first-order valence-corrected chi connectivity index (χ1v) is 17.2. The van der Waals surface area contributed by atoms with Gasteiger partial charge in [-0.3, -0.25) is 24.4 Å². The van der Waals surface area contributed by atoms with E-state index in [4.69, 9.17) is 17.3 Å². The molecule has 0 bridgehead atoms. The highest BCUT2D eigenvalue weighted by Gasteiger charge is 2.27. The topological polar surface area (TPSA) is 138 Å². The zero-order valence-electron chi connectivity index (χ0n) is 28.2. The number of carboxylic acids is 1. The van der Waals surface area contributed by atoms with E-state index >= 15 is 4.39 Å². The molecule has 17 heteroatoms. The number of piperazine rings is 2. The second kappa shape index (κ2) is 14.1. The molecule has 7 rings (SSSR count). The van der Waals surface area contributed by atoms with Gasteiger partial charge >= 0.3 is 5.97 Å². The standard InChI is InChI=1S/C35H35F2N9O5S/c1-2-40-21-28(33(48)49)32(47)27-19-29(37)31(20-30(27)40)42-13-11-39(12-14-42)22-44-35(52)45(25-5-3-23(36)4-6-25)34(38-44)43-17-15-41(16-18-43)24-7-9-26(10-8-24)46(50)51/h3-10,19-21H,2,11-18,22H2,1H3,(H,48,49). The molecule has 4 heterocycles. The minimum atomic E-state index is -1.35. The summed E-state index contributed by atoms with van der Waals surface area (Å²) in [6.07, 6.45) is 1.30. The van der Waals surface area contributed by atoms with Crippen molar-refractivity contribution < 1.29 is 23.6 Å². The van der Waals surface area contributed by atoms with E-state index in [1.54, 1.807) is 39.6 Å². The predicted octanol–water partition coefficient (Wildman–Crippen LogP) is 4.73. The molecule has 0 radical (unpaired) electrons. The summed E-state index contributed by atoms with van der Waals surface area (Å²) in [6.45, 7) is 7.16. The smallest absolute Gasteiger partial charge is 0.341 e. The monoisotopic (exact) mass is 731 g/mol. The molecule has 5 aromatic rings. The number of rotatable bonds is 9. The molecular formula is C35H35F2N9O5S. The van der Waals surface area contributed by atoms with Crippen molar-refractivity contribution in [3.05, 3.63) is 109 Å². The van der Waals surface area contributed by atoms with E-state index in [2.05, 4.69) is 14.7 Å². The number of nitro benzene ring substituents is 1. The van der Waals surface area contributed by atoms with E-state index in [0.29, 0.717) is 93.2 Å². The number of non-ortho nitro benzene ring substituents is 1. The van der Waals surface area contributed by atoms with E-state index < -0.39 is 27.7 Å². The lowest BCUT2D eigenvalue weighted by Gasteiger charge is -2.36. The molecule has 0 saturated carbocycles. The number of fused-ring (bicyclic) bond motifs is 1. The van der Waals surface area contributed by atoms with Gasteiger partial charge in [0.15, 0.2) is 0 Å². The highest BCUT2D eigenvalue weighted by molar-refractivity contribution is 7.71. The van der Waals surface area contributed by atoms with Gasteiger partial charge in [0.05, 0.1) is 28.5 Å². The normalized spacial score (nSPS) is 15.4. The minimum absolute atomic E-state index is 0.0244. The Morgan fingerprint density at radius 3 is 2.13 bits per heavy atom. The van der Waals surface area contributed by atoms with Crippen molar-refractivity contribution in [1.29, 1.82) is 0 Å². The first kappa shape index (κ1) is 34.8. The number of hydrogen-bond acceptors (Lipinski definition) is 10. The fraction of sp³-hybridized carbons (Fsp3) is 0.314. The van der Waals surface area contributed by atoms with Crippen molar-refractivity contribution in [3.63, 3.8) is 0 Å². The lowest BCUT2D eigenvalue weighted by Crippen LogP contribution is -2.47. The average Bonchev–Trinajstić information content (AvgIpc) is 3.47. The molecule has 2 aromatic heterocycles. The molecular weight excluding hydrogens is 697 g/mol. The number of carbonyl (C=O) groups is 1. The fourth-order valence-corrected chi connectivity index (χ4v) is 7.12. The Hall–Kier alpha value is -5.68. The van der Waals surface area contributed by atoms with Crippen LogP contribution in [0.2, 0.25) is 0 Å². The first-order chi connectivity index (χ1) is 25.0. The van der Waals surface area contributed by atoms with E-state index in [0.717, 1.165) is 11.8 Å². The summed E-state index contributed by atoms with van der Waals surface area (Å²) in [5, 5.41) is 25.5. The van der Waals surface area contributed by atoms with E-state index in [1.165, 1.54) is 30.5 Å². The Kier molecular flexibility index (Phi) is 9.46. The lowest BCUT2D eigenvalue weighted by atomic mass is 10.1. The molecule has 0 unspecified atom stereocenters. The third-order valence-electron chi connectivity index (χ3n) is 9.66. The predicted molar refractivity (Wildman–Crippen MR) is 194 cm³/mol. The Morgan fingerprint density at radius 2 is 1.52 bits per heavy atom. The number of hydrogen-bond donors (Lipinski definition) is 1. The maximum absolute atomic E-state index is 15.5. The van der Waals surface area contributed by atoms with Crippen LogP contribution in [0.4, 0.5) is 31.8 Å². The van der Waals surface area contributed by atoms with Crippen molar-refractivity contribution >= 4 is 52.1 Å². The van der Waals surface area contributed by atoms with Crippen LogP contribution >= 0.6 is 12.2 Å². The van der Waals surface area contributed by atoms with Crippen molar-refractivity contribution in [3.8, 4) is 5.69 Å². The summed E-state index contributed by atoms with van der Waals surface area (Å²) in [5.41, 5.74) is 1.28. The summed E-state index contributed by atoms with van der Waals surface area (Å²) < 4.78 is 35.1. The number of aryl methyl sites for hydroxylation is 1. The summed E-state index contributed by atoms with van der Waals surface area (Å²) in [4.78, 5) is 43.4. The molecule has 0 spiro atoms. The maximum atomic E-state index is 15.5. The zero-order valence-corrected chi connectivity index (χ0v) is 29.0. The summed E-state index contributed by atoms with van der Waals surface area (Å²) in [6, 6.07) is 15.3. The summed E-state index contributed by atoms with van der Waals surface area (Å²) in [7, 11) is 0. The van der Waals surface area contributed by atoms with Gasteiger partial charge in [0.25, 0.3) is 5.69 Å². The van der Waals surface area contributed by atoms with E-state index in [1.807, 2.05) is 16.4 Å². The number of nitro groups is 1. The number of nitrogens with zero attached hydrogens (tertiary/aromatic N) is 9. The molecule has 2 fully saturated rings. The van der Waals surface area contributed by atoms with Crippen LogP contribution in [0.25, 0.3) is 16.6 Å². The van der Waals surface area contributed by atoms with Crippen LogP contribution < -0.4 is 20.1 Å². The quantitative estimate of drug-likeness (QED) is 0.128. The molecule has 0 atom stereocenters. The van der Waals surface area contributed by atoms with Crippen molar-refractivity contribution in [1.82, 2.24) is 23.8 Å². The van der Waals surface area contributed by atoms with E-state index in [9.17, 15) is 29.2 Å². The van der Waals surface area contributed by atoms with Crippen molar-refractivity contribution in [2.45, 2.75) is 20.1 Å². The number of benzene rings is 3. The third kappa shape index (κ3) is 6.59. The molecule has 270 valence electrons. The number of aromatic nitrogens is 4. The molecule has 0 amide bonds. The molecule has 1 N–H and O–H groups in total. The Balaban J connectivity index is 1.09. The Morgan fingerprint density at radius 1 is 0.904 bits per heavy atom. The van der Waals surface area contributed by atoms with Gasteiger partial charge in [-0.15, -0.1) is 5.10 Å². The second-order valence-electron chi connectivity index (χ2n) is 12.7. The first-order valence-electron chi connectivity index (χ1n) is 16.8. The van der Waals surface area contributed by atoms with Gasteiger partial charge < -0.3 is 24.4 Å². The summed E-state index contributed by atoms with van der Waals surface area (Å²) in [5.74, 6) is -1.71. The Labute approximate surface area is 301 Å². The number of anilines is 3. The average molecular weight is 732 g/mol. The molecule has 3 aromatic carbocycles. The van der Waals surface area contributed by atoms with Crippen LogP contribution in [0.1, 0.15) is 17.3 Å². The van der Waals surface area contributed by atoms with Crippen LogP contribution in [0.15, 0.2) is 71.7 Å². The van der Waals surface area contributed by atoms with Crippen LogP contribution in [-0.4, -0.2) is 92.2 Å². The molecule has 2 saturated heterocycles. The van der Waals surface area contributed by atoms with Crippen LogP contribution in [0.5, 0.6) is 0 Å². The minimum Gasteiger partial charge on any atom is -0.477 e. The summed E-state index contributed by atoms with van der Waals surface area (Å²) >= 11 is 5.95. The lowest BCUT2D eigenvalue weighted by molar-refractivity contribution is -0.384. The van der Waals surface area contributed by atoms with Crippen LogP contribution in [0, 0.1) is 26.5 Å². The fourth-order valence-electron chi connectivity index (χ4n) is 6.83. The second-order valence-corrected chi connectivity index (χ2v) is 13.0. The number of aromatic carboxylic acids is 1. The van der Waals surface area contributed by atoms with Gasteiger partial charge in [0.2, 0.25) is 16.1 Å². The van der Waals surface area contributed by atoms with Gasteiger partial charge in [0, 0.05) is 88.3 Å². The molecule has 52 heavy (non-hydrogen) atoms. The highest BCUT2D eigenvalue weighted by Crippen LogP contribution is 2.28. The number of pyridine rings is 1. The van der Waals surface area contributed by atoms with Gasteiger partial charge in [0.1, 0.15) is 17.2 Å². The number of carboxylic acid groups (broad SMARTS) is 1. The molecule has 14 nitrogen and oxygen atoms in total. The maximum Gasteiger partial charge on any atom is 0.341 e. The third-order valence-corrected chi connectivity index (χ3v) is 10.1. The molecule has 2 aliphatic rings. The van der Waals surface area contributed by atoms with Gasteiger partial charge in [-0.1, -0.05) is 0 Å². The van der Waals surface area contributed by atoms with Crippen LogP contribution in [-0.2, 0) is 13.2 Å². The Bertz CT molecular complexity index is 2280. The largest absolute Gasteiger partial charge is 0.477 e. The molecule has 2 aliphatic heterocycles. The van der Waals surface area contributed by atoms with Gasteiger partial charge in [-0.25, -0.2) is 18.3 Å². The van der Waals surface area contributed by atoms with Crippen molar-refractivity contribution in [2.75, 3.05) is 67.1 Å². The van der Waals surface area contributed by atoms with Crippen molar-refractivity contribution in [2.24, 2.45) is 0 Å². The highest BCUT2D eigenvalue weighted by atomic mass is 32.1. The van der Waals surface area contributed by atoms with Gasteiger partial charge in [-0.05, 0) is 67.7 Å². The zero-order chi connectivity index (χ0) is 36.7. The molecule has 0 aliphatic carbocycles. The van der Waals surface area contributed by atoms with Crippen LogP contribution in [0.3, 0.4) is 0 Å². The number of halogens is 2. The van der Waals surface area contributed by atoms with Gasteiger partial charge in [-0.2, -0.15) is 0 Å². The SMILES string of the molecule is CCn1cc(C(=O)O)c(=O)c2cc(F)c(N3CCN(Cn4nc(N5CCN(c6ccc([N+](=O)[O-])cc6)CC5)n(-c5ccc(F)cc5)c4=S)CC3)cc21.